The minimum Gasteiger partial charge on any atom is -0.504 e. The molecule has 0 amide bonds. The van der Waals surface area contributed by atoms with Crippen molar-refractivity contribution in [3.63, 3.8) is 0 Å². The molecule has 0 unspecified atom stereocenters. The van der Waals surface area contributed by atoms with Crippen LogP contribution in [-0.4, -0.2) is 10.9 Å². The van der Waals surface area contributed by atoms with E-state index in [4.69, 9.17) is 0 Å². The maximum atomic E-state index is 11.2. The van der Waals surface area contributed by atoms with E-state index in [1.807, 2.05) is 55.5 Å². The third-order valence-electron chi connectivity index (χ3n) is 2.71. The number of carbonyl (C=O) groups is 1. The van der Waals surface area contributed by atoms with Gasteiger partial charge in [0.15, 0.2) is 5.76 Å². The van der Waals surface area contributed by atoms with Crippen LogP contribution in [0.1, 0.15) is 12.5 Å². The second-order valence-electron chi connectivity index (χ2n) is 4.11. The lowest BCUT2D eigenvalue weighted by Gasteiger charge is -2.08. The molecule has 1 aliphatic carbocycles. The molecule has 90 valence electrons. The topological polar surface area (TPSA) is 37.3 Å². The van der Waals surface area contributed by atoms with Crippen molar-refractivity contribution in [1.29, 1.82) is 0 Å². The van der Waals surface area contributed by atoms with E-state index in [-0.39, 0.29) is 11.5 Å². The summed E-state index contributed by atoms with van der Waals surface area (Å²) >= 11 is 0. The van der Waals surface area contributed by atoms with Crippen molar-refractivity contribution in [2.24, 2.45) is 0 Å². The summed E-state index contributed by atoms with van der Waals surface area (Å²) in [6.07, 6.45) is 8.69. The Hall–Kier alpha value is -2.35. The molecule has 2 heteroatoms. The normalized spacial score (nSPS) is 18.1. The molecule has 1 aromatic carbocycles. The summed E-state index contributed by atoms with van der Waals surface area (Å²) in [7, 11) is 0. The summed E-state index contributed by atoms with van der Waals surface area (Å²) < 4.78 is 0. The summed E-state index contributed by atoms with van der Waals surface area (Å²) in [4.78, 5) is 11.2. The average Bonchev–Trinajstić information content (AvgIpc) is 2.37. The largest absolute Gasteiger partial charge is 0.504 e. The first-order valence-corrected chi connectivity index (χ1v) is 5.74. The van der Waals surface area contributed by atoms with Crippen molar-refractivity contribution in [2.45, 2.75) is 6.92 Å². The minimum absolute atomic E-state index is 0.208. The molecule has 0 saturated heterocycles. The number of carbonyl (C=O) groups excluding carboxylic acids is 1. The smallest absolute Gasteiger partial charge is 0.220 e. The van der Waals surface area contributed by atoms with Crippen molar-refractivity contribution in [3.05, 3.63) is 77.1 Å². The van der Waals surface area contributed by atoms with E-state index in [1.165, 1.54) is 12.2 Å². The van der Waals surface area contributed by atoms with Crippen molar-refractivity contribution < 1.29 is 9.90 Å². The highest BCUT2D eigenvalue weighted by molar-refractivity contribution is 6.05. The summed E-state index contributed by atoms with van der Waals surface area (Å²) in [5.41, 5.74) is 2.81. The Balaban J connectivity index is 2.18. The molecule has 2 rings (SSSR count). The molecule has 0 aromatic heterocycles. The van der Waals surface area contributed by atoms with Crippen LogP contribution in [0.3, 0.4) is 0 Å². The molecular formula is C16H14O2. The molecular weight excluding hydrogens is 224 g/mol. The number of allylic oxidation sites excluding steroid dienone is 6. The fourth-order valence-corrected chi connectivity index (χ4v) is 1.69. The van der Waals surface area contributed by atoms with Gasteiger partial charge in [0, 0.05) is 0 Å². The highest BCUT2D eigenvalue weighted by Crippen LogP contribution is 2.19. The van der Waals surface area contributed by atoms with Gasteiger partial charge in [-0.25, -0.2) is 0 Å². The Morgan fingerprint density at radius 2 is 1.83 bits per heavy atom. The number of rotatable bonds is 2. The molecule has 0 aliphatic heterocycles. The average molecular weight is 238 g/mol. The van der Waals surface area contributed by atoms with E-state index in [0.29, 0.717) is 0 Å². The molecule has 1 aliphatic rings. The molecule has 0 saturated carbocycles. The molecule has 0 heterocycles. The maximum absolute atomic E-state index is 11.2. The highest BCUT2D eigenvalue weighted by atomic mass is 16.3. The van der Waals surface area contributed by atoms with E-state index in [2.05, 4.69) is 0 Å². The van der Waals surface area contributed by atoms with Crippen LogP contribution in [0.4, 0.5) is 0 Å². The zero-order valence-corrected chi connectivity index (χ0v) is 10.1. The number of ketones is 1. The molecule has 0 fully saturated rings. The van der Waals surface area contributed by atoms with Gasteiger partial charge in [-0.05, 0) is 35.8 Å². The van der Waals surface area contributed by atoms with Crippen molar-refractivity contribution >= 4 is 11.9 Å². The zero-order chi connectivity index (χ0) is 13.0. The van der Waals surface area contributed by atoms with Crippen molar-refractivity contribution in [3.8, 4) is 0 Å². The molecule has 0 radical (unpaired) electrons. The van der Waals surface area contributed by atoms with Gasteiger partial charge in [-0.15, -0.1) is 0 Å². The van der Waals surface area contributed by atoms with Gasteiger partial charge in [0.05, 0.1) is 0 Å². The Morgan fingerprint density at radius 3 is 2.56 bits per heavy atom. The van der Waals surface area contributed by atoms with Crippen LogP contribution < -0.4 is 0 Å². The standard InChI is InChI=1S/C16H14O2/c1-12-10-15(17)16(18)11-14(12)9-5-8-13-6-3-2-4-7-13/h2-11,18H,1H3/b8-5-,14-9+. The number of benzene rings is 1. The van der Waals surface area contributed by atoms with Crippen LogP contribution in [0, 0.1) is 0 Å². The van der Waals surface area contributed by atoms with Gasteiger partial charge in [-0.2, -0.15) is 0 Å². The van der Waals surface area contributed by atoms with E-state index in [1.54, 1.807) is 0 Å². The predicted molar refractivity (Wildman–Crippen MR) is 73.0 cm³/mol. The molecule has 0 spiro atoms. The quantitative estimate of drug-likeness (QED) is 0.854. The molecule has 0 atom stereocenters. The molecule has 1 N–H and O–H groups in total. The third-order valence-corrected chi connectivity index (χ3v) is 2.71. The summed E-state index contributed by atoms with van der Waals surface area (Å²) in [5.74, 6) is -0.545. The zero-order valence-electron chi connectivity index (χ0n) is 10.1. The van der Waals surface area contributed by atoms with Crippen LogP contribution >= 0.6 is 0 Å². The summed E-state index contributed by atoms with van der Waals surface area (Å²) in [6.45, 7) is 1.85. The molecule has 1 aromatic rings. The van der Waals surface area contributed by atoms with Gasteiger partial charge in [0.1, 0.15) is 0 Å². The van der Waals surface area contributed by atoms with E-state index in [0.717, 1.165) is 16.7 Å². The van der Waals surface area contributed by atoms with E-state index >= 15 is 0 Å². The lowest BCUT2D eigenvalue weighted by Crippen LogP contribution is -2.05. The van der Waals surface area contributed by atoms with Crippen LogP contribution in [0.2, 0.25) is 0 Å². The number of hydrogen-bond donors (Lipinski definition) is 1. The Kier molecular flexibility index (Phi) is 3.58. The van der Waals surface area contributed by atoms with Crippen LogP contribution in [0.25, 0.3) is 6.08 Å². The molecule has 18 heavy (non-hydrogen) atoms. The van der Waals surface area contributed by atoms with Crippen LogP contribution in [0.5, 0.6) is 0 Å². The number of aliphatic hydroxyl groups excluding tert-OH is 1. The summed E-state index contributed by atoms with van der Waals surface area (Å²) in [5, 5.41) is 9.38. The van der Waals surface area contributed by atoms with Crippen LogP contribution in [0.15, 0.2) is 71.5 Å². The van der Waals surface area contributed by atoms with Gasteiger partial charge < -0.3 is 5.11 Å². The lowest BCUT2D eigenvalue weighted by atomic mass is 9.99. The Labute approximate surface area is 106 Å². The lowest BCUT2D eigenvalue weighted by molar-refractivity contribution is -0.113. The van der Waals surface area contributed by atoms with E-state index < -0.39 is 0 Å². The first-order valence-electron chi connectivity index (χ1n) is 5.74. The van der Waals surface area contributed by atoms with Crippen molar-refractivity contribution in [1.82, 2.24) is 0 Å². The minimum atomic E-state index is -0.336. The van der Waals surface area contributed by atoms with Crippen molar-refractivity contribution in [2.75, 3.05) is 0 Å². The van der Waals surface area contributed by atoms with Gasteiger partial charge >= 0.3 is 0 Å². The van der Waals surface area contributed by atoms with Crippen LogP contribution in [-0.2, 0) is 4.79 Å². The fraction of sp³-hybridized carbons (Fsp3) is 0.0625. The van der Waals surface area contributed by atoms with Gasteiger partial charge in [0.2, 0.25) is 5.78 Å². The van der Waals surface area contributed by atoms with Gasteiger partial charge in [-0.3, -0.25) is 4.79 Å². The first kappa shape index (κ1) is 12.1. The second-order valence-corrected chi connectivity index (χ2v) is 4.11. The predicted octanol–water partition coefficient (Wildman–Crippen LogP) is 3.60. The third kappa shape index (κ3) is 2.86. The SMILES string of the molecule is CC1=CC(=O)C(O)=C/C1=C\C=C/c1ccccc1. The molecule has 2 nitrogen and oxygen atoms in total. The Morgan fingerprint density at radius 1 is 1.11 bits per heavy atom. The van der Waals surface area contributed by atoms with Gasteiger partial charge in [0.25, 0.3) is 0 Å². The Bertz CT molecular complexity index is 572. The molecule has 0 bridgehead atoms. The maximum Gasteiger partial charge on any atom is 0.220 e. The summed E-state index contributed by atoms with van der Waals surface area (Å²) in [6, 6.07) is 9.94. The monoisotopic (exact) mass is 238 g/mol. The first-order chi connectivity index (χ1) is 8.66. The number of aliphatic hydroxyl groups is 1. The van der Waals surface area contributed by atoms with E-state index in [9.17, 15) is 9.90 Å². The fourth-order valence-electron chi connectivity index (χ4n) is 1.69. The highest BCUT2D eigenvalue weighted by Gasteiger charge is 2.12. The second kappa shape index (κ2) is 5.32. The van der Waals surface area contributed by atoms with Gasteiger partial charge in [-0.1, -0.05) is 48.6 Å². The number of hydrogen-bond acceptors (Lipinski definition) is 2.